The second kappa shape index (κ2) is 57.7. The zero-order chi connectivity index (χ0) is 50.0. The van der Waals surface area contributed by atoms with Gasteiger partial charge in [-0.1, -0.05) is 281 Å². The first-order valence-electron chi connectivity index (χ1n) is 29.8. The molecule has 0 bridgehead atoms. The molecule has 0 spiro atoms. The lowest BCUT2D eigenvalue weighted by molar-refractivity contribution is -0.167. The van der Waals surface area contributed by atoms with Crippen LogP contribution in [0.5, 0.6) is 0 Å². The third kappa shape index (κ3) is 55.9. The molecule has 0 amide bonds. The Kier molecular flexibility index (Phi) is 55.3. The first kappa shape index (κ1) is 66.1. The smallest absolute Gasteiger partial charge is 0.306 e. The van der Waals surface area contributed by atoms with E-state index in [1.165, 1.54) is 167 Å². The third-order valence-electron chi connectivity index (χ3n) is 13.0. The summed E-state index contributed by atoms with van der Waals surface area (Å²) in [6.07, 6.45) is 72.1. The van der Waals surface area contributed by atoms with Crippen LogP contribution in [0, 0.1) is 0 Å². The van der Waals surface area contributed by atoms with Crippen molar-refractivity contribution in [1.29, 1.82) is 0 Å². The number of rotatable bonds is 54. The van der Waals surface area contributed by atoms with Crippen molar-refractivity contribution in [3.05, 3.63) is 60.8 Å². The van der Waals surface area contributed by atoms with Gasteiger partial charge in [-0.25, -0.2) is 0 Å². The molecule has 0 aliphatic carbocycles. The summed E-state index contributed by atoms with van der Waals surface area (Å²) >= 11 is 0. The molecule has 6 nitrogen and oxygen atoms in total. The molecule has 0 fully saturated rings. The van der Waals surface area contributed by atoms with Gasteiger partial charge in [0.2, 0.25) is 0 Å². The highest BCUT2D eigenvalue weighted by Gasteiger charge is 2.19. The van der Waals surface area contributed by atoms with Gasteiger partial charge in [-0.3, -0.25) is 14.4 Å². The van der Waals surface area contributed by atoms with Gasteiger partial charge in [-0.15, -0.1) is 0 Å². The maximum atomic E-state index is 12.9. The molecule has 0 aliphatic heterocycles. The summed E-state index contributed by atoms with van der Waals surface area (Å²) in [5, 5.41) is 0. The van der Waals surface area contributed by atoms with Crippen LogP contribution in [0.15, 0.2) is 60.8 Å². The lowest BCUT2D eigenvalue weighted by Crippen LogP contribution is -2.30. The van der Waals surface area contributed by atoms with Gasteiger partial charge in [0, 0.05) is 19.3 Å². The fourth-order valence-corrected chi connectivity index (χ4v) is 8.59. The number of ether oxygens (including phenoxy) is 3. The van der Waals surface area contributed by atoms with Crippen LogP contribution in [0.2, 0.25) is 0 Å². The molecule has 0 aromatic rings. The average Bonchev–Trinajstić information content (AvgIpc) is 3.35. The van der Waals surface area contributed by atoms with Crippen molar-refractivity contribution < 1.29 is 28.6 Å². The second-order valence-electron chi connectivity index (χ2n) is 19.9. The van der Waals surface area contributed by atoms with E-state index in [9.17, 15) is 14.4 Å². The first-order valence-corrected chi connectivity index (χ1v) is 29.8. The fourth-order valence-electron chi connectivity index (χ4n) is 8.59. The molecular formula is C63H112O6. The van der Waals surface area contributed by atoms with Crippen molar-refractivity contribution in [3.63, 3.8) is 0 Å². The predicted molar refractivity (Wildman–Crippen MR) is 298 cm³/mol. The molecule has 0 saturated heterocycles. The van der Waals surface area contributed by atoms with Crippen LogP contribution < -0.4 is 0 Å². The van der Waals surface area contributed by atoms with E-state index in [1.807, 2.05) is 0 Å². The Bertz CT molecular complexity index is 1250. The van der Waals surface area contributed by atoms with Crippen LogP contribution in [0.3, 0.4) is 0 Å². The number of esters is 3. The van der Waals surface area contributed by atoms with Crippen molar-refractivity contribution >= 4 is 17.9 Å². The highest BCUT2D eigenvalue weighted by atomic mass is 16.6. The molecular weight excluding hydrogens is 853 g/mol. The molecule has 0 rings (SSSR count). The molecule has 400 valence electrons. The summed E-state index contributed by atoms with van der Waals surface area (Å²) < 4.78 is 16.9. The minimum Gasteiger partial charge on any atom is -0.462 e. The summed E-state index contributed by atoms with van der Waals surface area (Å²) in [5.41, 5.74) is 0. The van der Waals surface area contributed by atoms with E-state index in [2.05, 4.69) is 81.5 Å². The summed E-state index contributed by atoms with van der Waals surface area (Å²) in [7, 11) is 0. The summed E-state index contributed by atoms with van der Waals surface area (Å²) in [5.74, 6) is -0.898. The van der Waals surface area contributed by atoms with Gasteiger partial charge in [-0.2, -0.15) is 0 Å². The quantitative estimate of drug-likeness (QED) is 0.0262. The SMILES string of the molecule is CC/C=C\C/C=C\C/C=C\C/C=C\C/C=C\CCCCCC(=O)OCC(COC(=O)CCCCCCCCCCCCCCC)OC(=O)CCCCCCCCCCCCCCCCCCCCC. The molecule has 6 heteroatoms. The van der Waals surface area contributed by atoms with Gasteiger partial charge < -0.3 is 14.2 Å². The lowest BCUT2D eigenvalue weighted by Gasteiger charge is -2.18. The van der Waals surface area contributed by atoms with Crippen LogP contribution in [0.25, 0.3) is 0 Å². The topological polar surface area (TPSA) is 78.9 Å². The van der Waals surface area contributed by atoms with E-state index in [1.54, 1.807) is 0 Å². The van der Waals surface area contributed by atoms with Crippen LogP contribution in [-0.4, -0.2) is 37.2 Å². The molecule has 0 aromatic heterocycles. The number of allylic oxidation sites excluding steroid dienone is 10. The van der Waals surface area contributed by atoms with Crippen LogP contribution >= 0.6 is 0 Å². The second-order valence-corrected chi connectivity index (χ2v) is 19.9. The standard InChI is InChI=1S/C63H112O6/c1-4-7-10-13-16-19-22-25-27-29-31-33-35-38-41-44-47-50-53-56-62(65)68-59-60(58-67-61(64)55-52-49-46-43-40-37-24-21-18-15-12-9-6-3)69-63(66)57-54-51-48-45-42-39-36-34-32-30-28-26-23-20-17-14-11-8-5-2/h7,10,16,19,25,27,31,33,38,41,60H,4-6,8-9,11-15,17-18,20-24,26,28-30,32,34-37,39-40,42-59H2,1-3H3/b10-7-,19-16-,27-25-,33-31-,41-38-. The predicted octanol–water partition coefficient (Wildman–Crippen LogP) is 20.0. The Morgan fingerprint density at radius 2 is 0.565 bits per heavy atom. The van der Waals surface area contributed by atoms with Crippen molar-refractivity contribution in [3.8, 4) is 0 Å². The van der Waals surface area contributed by atoms with Gasteiger partial charge in [0.25, 0.3) is 0 Å². The van der Waals surface area contributed by atoms with Gasteiger partial charge in [0.1, 0.15) is 13.2 Å². The van der Waals surface area contributed by atoms with E-state index in [0.717, 1.165) is 96.3 Å². The number of hydrogen-bond acceptors (Lipinski definition) is 6. The number of carbonyl (C=O) groups excluding carboxylic acids is 3. The number of unbranched alkanes of at least 4 members (excludes halogenated alkanes) is 33. The van der Waals surface area contributed by atoms with Gasteiger partial charge in [-0.05, 0) is 64.2 Å². The van der Waals surface area contributed by atoms with Crippen molar-refractivity contribution in [1.82, 2.24) is 0 Å². The van der Waals surface area contributed by atoms with E-state index in [-0.39, 0.29) is 31.1 Å². The van der Waals surface area contributed by atoms with E-state index >= 15 is 0 Å². The molecule has 0 N–H and O–H groups in total. The van der Waals surface area contributed by atoms with Crippen molar-refractivity contribution in [2.45, 2.75) is 309 Å². The Labute approximate surface area is 428 Å². The first-order chi connectivity index (χ1) is 34.0. The van der Waals surface area contributed by atoms with Gasteiger partial charge in [0.15, 0.2) is 6.10 Å². The zero-order valence-corrected chi connectivity index (χ0v) is 45.8. The Hall–Kier alpha value is -2.89. The summed E-state index contributed by atoms with van der Waals surface area (Å²) in [6, 6.07) is 0. The maximum Gasteiger partial charge on any atom is 0.306 e. The Morgan fingerprint density at radius 1 is 0.304 bits per heavy atom. The number of carbonyl (C=O) groups is 3. The number of hydrogen-bond donors (Lipinski definition) is 0. The Morgan fingerprint density at radius 3 is 0.884 bits per heavy atom. The highest BCUT2D eigenvalue weighted by molar-refractivity contribution is 5.71. The largest absolute Gasteiger partial charge is 0.462 e. The Balaban J connectivity index is 4.38. The van der Waals surface area contributed by atoms with E-state index in [4.69, 9.17) is 14.2 Å². The molecule has 1 unspecified atom stereocenters. The molecule has 0 aromatic carbocycles. The molecule has 0 saturated carbocycles. The normalized spacial score (nSPS) is 12.4. The molecule has 1 atom stereocenters. The zero-order valence-electron chi connectivity index (χ0n) is 45.8. The van der Waals surface area contributed by atoms with E-state index in [0.29, 0.717) is 19.3 Å². The molecule has 69 heavy (non-hydrogen) atoms. The van der Waals surface area contributed by atoms with Crippen molar-refractivity contribution in [2.24, 2.45) is 0 Å². The lowest BCUT2D eigenvalue weighted by atomic mass is 10.0. The maximum absolute atomic E-state index is 12.9. The van der Waals surface area contributed by atoms with Gasteiger partial charge in [0.05, 0.1) is 0 Å². The van der Waals surface area contributed by atoms with Crippen molar-refractivity contribution in [2.75, 3.05) is 13.2 Å². The van der Waals surface area contributed by atoms with Gasteiger partial charge >= 0.3 is 17.9 Å². The van der Waals surface area contributed by atoms with E-state index < -0.39 is 6.10 Å². The third-order valence-corrected chi connectivity index (χ3v) is 13.0. The molecule has 0 aliphatic rings. The molecule has 0 heterocycles. The fraction of sp³-hybridized carbons (Fsp3) is 0.794. The van der Waals surface area contributed by atoms with Crippen LogP contribution in [0.1, 0.15) is 303 Å². The minimum absolute atomic E-state index is 0.0806. The minimum atomic E-state index is -0.785. The van der Waals surface area contributed by atoms with Crippen LogP contribution in [0.4, 0.5) is 0 Å². The summed E-state index contributed by atoms with van der Waals surface area (Å²) in [6.45, 7) is 6.54. The summed E-state index contributed by atoms with van der Waals surface area (Å²) in [4.78, 5) is 38.2. The molecule has 0 radical (unpaired) electrons. The van der Waals surface area contributed by atoms with Crippen LogP contribution in [-0.2, 0) is 28.6 Å². The highest BCUT2D eigenvalue weighted by Crippen LogP contribution is 2.17. The average molecular weight is 966 g/mol. The monoisotopic (exact) mass is 965 g/mol.